The van der Waals surface area contributed by atoms with Crippen molar-refractivity contribution in [3.63, 3.8) is 0 Å². The molecule has 1 amide bonds. The average molecular weight is 536 g/mol. The molecule has 1 aromatic carbocycles. The van der Waals surface area contributed by atoms with Crippen molar-refractivity contribution >= 4 is 46.3 Å². The largest absolute Gasteiger partial charge is 0.465 e. The van der Waals surface area contributed by atoms with Gasteiger partial charge >= 0.3 is 6.09 Å². The van der Waals surface area contributed by atoms with E-state index in [0.29, 0.717) is 42.6 Å². The minimum absolute atomic E-state index is 0.00627. The topological polar surface area (TPSA) is 125 Å². The van der Waals surface area contributed by atoms with Crippen molar-refractivity contribution < 1.29 is 23.5 Å². The highest BCUT2D eigenvalue weighted by Gasteiger charge is 2.52. The molecule has 0 aromatic heterocycles. The number of carbonyl (C=O) groups is 2. The molecule has 2 saturated heterocycles. The van der Waals surface area contributed by atoms with Gasteiger partial charge in [-0.15, -0.1) is 4.41 Å². The van der Waals surface area contributed by atoms with Crippen molar-refractivity contribution in [3.05, 3.63) is 33.8 Å². The number of nitrogens with one attached hydrogen (secondary N) is 2. The number of likely N-dealkylation sites (tertiary alicyclic amines) is 1. The summed E-state index contributed by atoms with van der Waals surface area (Å²) >= 11 is 10.1. The molecule has 190 valence electrons. The molecule has 2 aliphatic heterocycles. The first-order valence-corrected chi connectivity index (χ1v) is 12.8. The first-order valence-electron chi connectivity index (χ1n) is 11.0. The van der Waals surface area contributed by atoms with Gasteiger partial charge in [-0.1, -0.05) is 29.3 Å². The zero-order valence-electron chi connectivity index (χ0n) is 19.3. The molecule has 13 heteroatoms. The zero-order chi connectivity index (χ0) is 25.2. The molecular formula is C21H31Cl2N5O5S. The molecule has 0 radical (unpaired) electrons. The minimum atomic E-state index is -2.21. The number of halogens is 2. The molecular weight excluding hydrogens is 505 g/mol. The van der Waals surface area contributed by atoms with Gasteiger partial charge in [-0.3, -0.25) is 19.1 Å². The highest BCUT2D eigenvalue weighted by Crippen LogP contribution is 2.39. The summed E-state index contributed by atoms with van der Waals surface area (Å²) in [4.78, 5) is 28.6. The van der Waals surface area contributed by atoms with Gasteiger partial charge in [-0.2, -0.15) is 0 Å². The van der Waals surface area contributed by atoms with Crippen LogP contribution >= 0.6 is 23.2 Å². The van der Waals surface area contributed by atoms with Gasteiger partial charge in [0.15, 0.2) is 0 Å². The van der Waals surface area contributed by atoms with Gasteiger partial charge in [0.25, 0.3) is 0 Å². The van der Waals surface area contributed by atoms with Crippen LogP contribution in [0.2, 0.25) is 10.0 Å². The summed E-state index contributed by atoms with van der Waals surface area (Å²) in [5.41, 5.74) is 2.90. The summed E-state index contributed by atoms with van der Waals surface area (Å²) in [5.74, 6) is -0.136. The lowest BCUT2D eigenvalue weighted by Gasteiger charge is -2.51. The number of Topliss-reactive ketones (excluding diaryl/α,β-unsaturated/α-hetero) is 1. The fraction of sp³-hybridized carbons (Fsp3) is 0.619. The van der Waals surface area contributed by atoms with Crippen molar-refractivity contribution in [2.24, 2.45) is 0 Å². The highest BCUT2D eigenvalue weighted by atomic mass is 35.5. The van der Waals surface area contributed by atoms with E-state index in [1.165, 1.54) is 18.9 Å². The monoisotopic (exact) mass is 535 g/mol. The Kier molecular flexibility index (Phi) is 8.96. The SMILES string of the molecule is CC(=O)C(N1CC(c2ccc(Cl)c(Cl)c2)C[C@@H]1CNN(C)S(=O)O)C1(C)CNCCN1C(=O)O. The third-order valence-electron chi connectivity index (χ3n) is 6.80. The fourth-order valence-electron chi connectivity index (χ4n) is 5.23. The molecule has 10 nitrogen and oxygen atoms in total. The van der Waals surface area contributed by atoms with Crippen LogP contribution in [0.4, 0.5) is 4.79 Å². The first-order chi connectivity index (χ1) is 16.0. The van der Waals surface area contributed by atoms with Crippen LogP contribution in [0.15, 0.2) is 18.2 Å². The predicted octanol–water partition coefficient (Wildman–Crippen LogP) is 2.02. The summed E-state index contributed by atoms with van der Waals surface area (Å²) in [6, 6.07) is 4.51. The number of rotatable bonds is 8. The van der Waals surface area contributed by atoms with Gasteiger partial charge in [0.2, 0.25) is 11.3 Å². The molecule has 2 aliphatic rings. The van der Waals surface area contributed by atoms with E-state index >= 15 is 0 Å². The van der Waals surface area contributed by atoms with E-state index < -0.39 is 28.9 Å². The van der Waals surface area contributed by atoms with E-state index in [2.05, 4.69) is 10.7 Å². The summed E-state index contributed by atoms with van der Waals surface area (Å²) in [5, 5.41) is 14.0. The number of nitrogens with zero attached hydrogens (tertiary/aromatic N) is 3. The maximum Gasteiger partial charge on any atom is 0.407 e. The van der Waals surface area contributed by atoms with E-state index in [9.17, 15) is 23.5 Å². The Morgan fingerprint density at radius 2 is 2.09 bits per heavy atom. The lowest BCUT2D eigenvalue weighted by Crippen LogP contribution is -2.72. The number of benzene rings is 1. The Balaban J connectivity index is 1.97. The molecule has 0 aliphatic carbocycles. The van der Waals surface area contributed by atoms with Gasteiger partial charge in [0.05, 0.1) is 21.6 Å². The maximum absolute atomic E-state index is 13.1. The van der Waals surface area contributed by atoms with Crippen LogP contribution < -0.4 is 10.7 Å². The fourth-order valence-corrected chi connectivity index (χ4v) is 5.72. The Bertz CT molecular complexity index is 956. The van der Waals surface area contributed by atoms with Crippen molar-refractivity contribution in [3.8, 4) is 0 Å². The number of ketones is 1. The summed E-state index contributed by atoms with van der Waals surface area (Å²) in [7, 11) is 1.45. The summed E-state index contributed by atoms with van der Waals surface area (Å²) in [6.45, 7) is 5.18. The molecule has 34 heavy (non-hydrogen) atoms. The Morgan fingerprint density at radius 1 is 1.38 bits per heavy atom. The van der Waals surface area contributed by atoms with Crippen LogP contribution in [0.25, 0.3) is 0 Å². The highest BCUT2D eigenvalue weighted by molar-refractivity contribution is 7.76. The smallest absolute Gasteiger partial charge is 0.407 e. The average Bonchev–Trinajstić information content (AvgIpc) is 3.16. The van der Waals surface area contributed by atoms with Crippen LogP contribution in [0.1, 0.15) is 31.7 Å². The third-order valence-corrected chi connectivity index (χ3v) is 8.14. The van der Waals surface area contributed by atoms with Crippen LogP contribution in [0.5, 0.6) is 0 Å². The van der Waals surface area contributed by atoms with Crippen LogP contribution in [-0.2, 0) is 16.1 Å². The van der Waals surface area contributed by atoms with Gasteiger partial charge in [-0.05, 0) is 43.9 Å². The first kappa shape index (κ1) is 27.3. The number of hydrogen-bond donors (Lipinski definition) is 4. The van der Waals surface area contributed by atoms with Crippen LogP contribution in [0, 0.1) is 0 Å². The summed E-state index contributed by atoms with van der Waals surface area (Å²) in [6.07, 6.45) is -0.433. The lowest BCUT2D eigenvalue weighted by molar-refractivity contribution is -0.129. The molecule has 4 N–H and O–H groups in total. The molecule has 4 unspecified atom stereocenters. The number of piperazine rings is 1. The molecule has 3 rings (SSSR count). The molecule has 1 aromatic rings. The number of hydrazine groups is 1. The van der Waals surface area contributed by atoms with Crippen molar-refractivity contribution in [2.75, 3.05) is 39.8 Å². The Labute approximate surface area is 211 Å². The van der Waals surface area contributed by atoms with E-state index in [0.717, 1.165) is 9.98 Å². The number of carboxylic acid groups (broad SMARTS) is 1. The van der Waals surface area contributed by atoms with Gasteiger partial charge in [-0.25, -0.2) is 14.4 Å². The van der Waals surface area contributed by atoms with E-state index in [-0.39, 0.29) is 24.3 Å². The standard InChI is InChI=1S/C21H31Cl2N5O5S/c1-13(29)19(21(2)12-24-6-7-28(21)20(30)31)27-11-15(14-4-5-17(22)18(23)9-14)8-16(27)10-25-26(3)34(32)33/h4-5,9,15-16,19,24-25H,6-8,10-12H2,1-3H3,(H,30,31)(H,32,33)/t15?,16-,19?,21?/m1/s1. The number of amides is 1. The molecule has 0 saturated carbocycles. The quantitative estimate of drug-likeness (QED) is 0.294. The molecule has 0 spiro atoms. The van der Waals surface area contributed by atoms with Gasteiger partial charge in [0, 0.05) is 45.8 Å². The molecule has 0 bridgehead atoms. The second-order valence-electron chi connectivity index (χ2n) is 9.03. The van der Waals surface area contributed by atoms with E-state index in [1.54, 1.807) is 13.0 Å². The second kappa shape index (κ2) is 11.2. The van der Waals surface area contributed by atoms with E-state index in [4.69, 9.17) is 23.2 Å². The van der Waals surface area contributed by atoms with Crippen LogP contribution in [-0.4, -0.2) is 97.4 Å². The van der Waals surface area contributed by atoms with Crippen molar-refractivity contribution in [1.82, 2.24) is 25.0 Å². The molecule has 5 atom stereocenters. The molecule has 2 fully saturated rings. The van der Waals surface area contributed by atoms with Crippen LogP contribution in [0.3, 0.4) is 0 Å². The van der Waals surface area contributed by atoms with Crippen molar-refractivity contribution in [2.45, 2.75) is 43.8 Å². The van der Waals surface area contributed by atoms with Gasteiger partial charge < -0.3 is 10.4 Å². The van der Waals surface area contributed by atoms with Crippen molar-refractivity contribution in [1.29, 1.82) is 0 Å². The number of carbonyl (C=O) groups excluding carboxylic acids is 1. The normalized spacial score (nSPS) is 27.7. The summed E-state index contributed by atoms with van der Waals surface area (Å²) < 4.78 is 21.8. The Hall–Kier alpha value is -1.31. The third kappa shape index (κ3) is 5.73. The zero-order valence-corrected chi connectivity index (χ0v) is 21.7. The molecule has 2 heterocycles. The number of hydrogen-bond acceptors (Lipinski definition) is 6. The maximum atomic E-state index is 13.1. The minimum Gasteiger partial charge on any atom is -0.465 e. The lowest BCUT2D eigenvalue weighted by atomic mass is 9.84. The second-order valence-corrected chi connectivity index (χ2v) is 10.9. The van der Waals surface area contributed by atoms with E-state index in [1.807, 2.05) is 17.0 Å². The Morgan fingerprint density at radius 3 is 2.68 bits per heavy atom. The predicted molar refractivity (Wildman–Crippen MR) is 131 cm³/mol. The van der Waals surface area contributed by atoms with Gasteiger partial charge in [0.1, 0.15) is 5.78 Å².